The molecule has 13 heavy (non-hydrogen) atoms. The molecule has 0 aromatic carbocycles. The second-order valence-electron chi connectivity index (χ2n) is 2.60. The van der Waals surface area contributed by atoms with Crippen LogP contribution in [-0.2, 0) is 0 Å². The number of aromatic nitrogens is 2. The number of alkyl halides is 1. The molecular formula is C10H13ClN2. The lowest BCUT2D eigenvalue weighted by Crippen LogP contribution is -1.68. The van der Waals surface area contributed by atoms with Crippen LogP contribution in [0.4, 0.5) is 0 Å². The summed E-state index contributed by atoms with van der Waals surface area (Å²) in [6, 6.07) is 5.87. The van der Waals surface area contributed by atoms with Gasteiger partial charge in [0.15, 0.2) is 0 Å². The number of nitrogens with one attached hydrogen (secondary N) is 1. The molecule has 0 unspecified atom stereocenters. The Hall–Kier alpha value is -1.02. The molecule has 2 aromatic rings. The van der Waals surface area contributed by atoms with E-state index in [9.17, 15) is 0 Å². The van der Waals surface area contributed by atoms with E-state index in [0.717, 1.165) is 23.3 Å². The molecule has 0 saturated heterocycles. The van der Waals surface area contributed by atoms with Gasteiger partial charge in [-0.25, -0.2) is 0 Å². The number of nitrogens with zero attached hydrogens (tertiary/aromatic N) is 1. The third-order valence-electron chi connectivity index (χ3n) is 1.51. The summed E-state index contributed by atoms with van der Waals surface area (Å²) in [6.45, 7) is 2.05. The molecule has 2 aromatic heterocycles. The molecule has 0 atom stereocenters. The number of hydrogen-bond acceptors (Lipinski definition) is 1. The van der Waals surface area contributed by atoms with E-state index in [2.05, 4.69) is 9.97 Å². The fraction of sp³-hybridized carbons (Fsp3) is 0.300. The zero-order valence-corrected chi connectivity index (χ0v) is 8.38. The maximum absolute atomic E-state index is 5.19. The highest BCUT2D eigenvalue weighted by Gasteiger charge is 1.88. The lowest BCUT2D eigenvalue weighted by atomic mass is 10.4. The molecule has 1 N–H and O–H groups in total. The Morgan fingerprint density at radius 3 is 2.85 bits per heavy atom. The molecule has 70 valence electrons. The van der Waals surface area contributed by atoms with Gasteiger partial charge in [-0.15, -0.1) is 11.6 Å². The molecule has 0 aliphatic rings. The highest BCUT2D eigenvalue weighted by molar-refractivity contribution is 6.17. The molecule has 0 aliphatic carbocycles. The summed E-state index contributed by atoms with van der Waals surface area (Å²) in [4.78, 5) is 7.17. The summed E-state index contributed by atoms with van der Waals surface area (Å²) in [5.41, 5.74) is 2.12. The topological polar surface area (TPSA) is 28.7 Å². The van der Waals surface area contributed by atoms with Crippen LogP contribution in [0.5, 0.6) is 0 Å². The van der Waals surface area contributed by atoms with E-state index in [1.165, 1.54) is 0 Å². The van der Waals surface area contributed by atoms with Gasteiger partial charge in [-0.2, -0.15) is 0 Å². The number of rotatable bonds is 1. The lowest BCUT2D eigenvalue weighted by molar-refractivity contribution is 1.10. The van der Waals surface area contributed by atoms with Gasteiger partial charge in [0.05, 0.1) is 11.0 Å². The van der Waals surface area contributed by atoms with Crippen molar-refractivity contribution in [2.24, 2.45) is 0 Å². The standard InChI is InChI=1S/C7H6N2.C3H7Cl/c1-2-6-7(8-4-1)3-5-9-6;1-2-3-4/h1-5,9H;2-3H2,1H3. The van der Waals surface area contributed by atoms with Crippen LogP contribution in [0.2, 0.25) is 0 Å². The number of pyridine rings is 1. The molecule has 2 rings (SSSR count). The number of fused-ring (bicyclic) bond motifs is 1. The Kier molecular flexibility index (Phi) is 4.33. The molecule has 0 spiro atoms. The smallest absolute Gasteiger partial charge is 0.0878 e. The molecule has 3 heteroatoms. The van der Waals surface area contributed by atoms with Gasteiger partial charge < -0.3 is 4.98 Å². The average molecular weight is 197 g/mol. The van der Waals surface area contributed by atoms with Crippen LogP contribution < -0.4 is 0 Å². The summed E-state index contributed by atoms with van der Waals surface area (Å²) in [6.07, 6.45) is 4.76. The first-order valence-electron chi connectivity index (χ1n) is 4.32. The molecule has 0 aliphatic heterocycles. The zero-order valence-electron chi connectivity index (χ0n) is 7.63. The summed E-state index contributed by atoms with van der Waals surface area (Å²) in [7, 11) is 0. The van der Waals surface area contributed by atoms with Crippen LogP contribution in [0.15, 0.2) is 30.6 Å². The monoisotopic (exact) mass is 196 g/mol. The third kappa shape index (κ3) is 3.07. The van der Waals surface area contributed by atoms with Gasteiger partial charge in [0.25, 0.3) is 0 Å². The van der Waals surface area contributed by atoms with Crippen LogP contribution in [0.25, 0.3) is 11.0 Å². The van der Waals surface area contributed by atoms with Crippen molar-refractivity contribution in [2.75, 3.05) is 5.88 Å². The molecule has 0 bridgehead atoms. The molecule has 0 amide bonds. The van der Waals surface area contributed by atoms with Gasteiger partial charge in [-0.05, 0) is 24.6 Å². The SMILES string of the molecule is CCCCl.c1cnc2cc[nH]c2c1. The Bertz CT molecular complexity index is 311. The molecule has 0 fully saturated rings. The largest absolute Gasteiger partial charge is 0.360 e. The van der Waals surface area contributed by atoms with E-state index < -0.39 is 0 Å². The van der Waals surface area contributed by atoms with Gasteiger partial charge in [0.2, 0.25) is 0 Å². The van der Waals surface area contributed by atoms with Gasteiger partial charge >= 0.3 is 0 Å². The van der Waals surface area contributed by atoms with E-state index in [0.29, 0.717) is 0 Å². The van der Waals surface area contributed by atoms with Crippen molar-refractivity contribution >= 4 is 22.6 Å². The maximum atomic E-state index is 5.19. The maximum Gasteiger partial charge on any atom is 0.0878 e. The van der Waals surface area contributed by atoms with Crippen molar-refractivity contribution in [3.8, 4) is 0 Å². The first kappa shape index (κ1) is 10.1. The number of hydrogen-bond donors (Lipinski definition) is 1. The average Bonchev–Trinajstić information content (AvgIpc) is 2.66. The van der Waals surface area contributed by atoms with Crippen molar-refractivity contribution in [1.29, 1.82) is 0 Å². The van der Waals surface area contributed by atoms with Crippen molar-refractivity contribution in [3.63, 3.8) is 0 Å². The Labute approximate surface area is 82.9 Å². The predicted molar refractivity (Wildman–Crippen MR) is 57.1 cm³/mol. The fourth-order valence-corrected chi connectivity index (χ4v) is 0.883. The van der Waals surface area contributed by atoms with Gasteiger partial charge in [0, 0.05) is 18.3 Å². The van der Waals surface area contributed by atoms with Crippen LogP contribution in [0.3, 0.4) is 0 Å². The number of halogens is 1. The van der Waals surface area contributed by atoms with Gasteiger partial charge in [-0.1, -0.05) is 6.92 Å². The quantitative estimate of drug-likeness (QED) is 0.698. The molecule has 0 radical (unpaired) electrons. The third-order valence-corrected chi connectivity index (χ3v) is 1.89. The first-order valence-corrected chi connectivity index (χ1v) is 4.86. The highest BCUT2D eigenvalue weighted by Crippen LogP contribution is 2.05. The highest BCUT2D eigenvalue weighted by atomic mass is 35.5. The van der Waals surface area contributed by atoms with Crippen LogP contribution in [0.1, 0.15) is 13.3 Å². The van der Waals surface area contributed by atoms with Gasteiger partial charge in [-0.3, -0.25) is 4.98 Å². The van der Waals surface area contributed by atoms with Crippen molar-refractivity contribution in [2.45, 2.75) is 13.3 Å². The minimum absolute atomic E-state index is 0.792. The summed E-state index contributed by atoms with van der Waals surface area (Å²) < 4.78 is 0. The minimum atomic E-state index is 0.792. The molecule has 2 nitrogen and oxygen atoms in total. The predicted octanol–water partition coefficient (Wildman–Crippen LogP) is 3.20. The second kappa shape index (κ2) is 5.60. The summed E-state index contributed by atoms with van der Waals surface area (Å²) >= 11 is 5.19. The molecule has 0 saturated carbocycles. The Balaban J connectivity index is 0.000000184. The molecule has 2 heterocycles. The Morgan fingerprint density at radius 1 is 1.46 bits per heavy atom. The molecular weight excluding hydrogens is 184 g/mol. The lowest BCUT2D eigenvalue weighted by Gasteiger charge is -1.82. The van der Waals surface area contributed by atoms with Crippen LogP contribution >= 0.6 is 11.6 Å². The van der Waals surface area contributed by atoms with Crippen LogP contribution in [-0.4, -0.2) is 15.8 Å². The normalized spacial score (nSPS) is 9.38. The Morgan fingerprint density at radius 2 is 2.23 bits per heavy atom. The number of aromatic amines is 1. The van der Waals surface area contributed by atoms with E-state index in [1.807, 2.05) is 31.3 Å². The second-order valence-corrected chi connectivity index (χ2v) is 2.98. The fourth-order valence-electron chi connectivity index (χ4n) is 0.883. The van der Waals surface area contributed by atoms with E-state index in [-0.39, 0.29) is 0 Å². The first-order chi connectivity index (χ1) is 6.38. The minimum Gasteiger partial charge on any atom is -0.360 e. The van der Waals surface area contributed by atoms with Crippen molar-refractivity contribution in [3.05, 3.63) is 30.6 Å². The zero-order chi connectivity index (χ0) is 9.52. The van der Waals surface area contributed by atoms with E-state index >= 15 is 0 Å². The van der Waals surface area contributed by atoms with Crippen molar-refractivity contribution < 1.29 is 0 Å². The van der Waals surface area contributed by atoms with E-state index in [1.54, 1.807) is 6.20 Å². The summed E-state index contributed by atoms with van der Waals surface area (Å²) in [5.74, 6) is 0.792. The van der Waals surface area contributed by atoms with Crippen LogP contribution in [0, 0.1) is 0 Å². The summed E-state index contributed by atoms with van der Waals surface area (Å²) in [5, 5.41) is 0. The van der Waals surface area contributed by atoms with E-state index in [4.69, 9.17) is 11.6 Å². The van der Waals surface area contributed by atoms with Crippen molar-refractivity contribution in [1.82, 2.24) is 9.97 Å². The number of H-pyrrole nitrogens is 1. The van der Waals surface area contributed by atoms with Gasteiger partial charge in [0.1, 0.15) is 0 Å².